The number of fused-ring (bicyclic) bond motifs is 3. The molecule has 0 aromatic heterocycles. The molecule has 3 rings (SSSR count). The summed E-state index contributed by atoms with van der Waals surface area (Å²) in [6, 6.07) is 2.53. The summed E-state index contributed by atoms with van der Waals surface area (Å²) in [4.78, 5) is 39.7. The number of ketones is 1. The molecular weight excluding hydrogens is 492 g/mol. The van der Waals surface area contributed by atoms with Gasteiger partial charge in [0.15, 0.2) is 11.5 Å². The predicted octanol–water partition coefficient (Wildman–Crippen LogP) is 1.44. The summed E-state index contributed by atoms with van der Waals surface area (Å²) >= 11 is 0. The van der Waals surface area contributed by atoms with E-state index in [0.717, 1.165) is 0 Å². The third-order valence-electron chi connectivity index (χ3n) is 7.04. The van der Waals surface area contributed by atoms with Crippen molar-refractivity contribution in [2.75, 3.05) is 26.8 Å². The van der Waals surface area contributed by atoms with Gasteiger partial charge >= 0.3 is 0 Å². The highest BCUT2D eigenvalue weighted by atomic mass is 16.5. The number of aliphatic hydroxyl groups excluding tert-OH is 3. The van der Waals surface area contributed by atoms with Crippen molar-refractivity contribution in [2.45, 2.75) is 77.2 Å². The lowest BCUT2D eigenvalue weighted by Gasteiger charge is -2.41. The maximum Gasteiger partial charge on any atom is 0.247 e. The van der Waals surface area contributed by atoms with Crippen LogP contribution in [-0.2, 0) is 21.0 Å². The number of amides is 2. The Kier molecular flexibility index (Phi) is 10.3. The molecule has 0 unspecified atom stereocenters. The van der Waals surface area contributed by atoms with Crippen LogP contribution in [0, 0.1) is 5.92 Å². The molecule has 210 valence electrons. The summed E-state index contributed by atoms with van der Waals surface area (Å²) in [5.74, 6) is -0.280. The molecule has 0 radical (unpaired) electrons. The minimum Gasteiger partial charge on any atom is -0.493 e. The highest BCUT2D eigenvalue weighted by Gasteiger charge is 2.51. The van der Waals surface area contributed by atoms with Crippen LogP contribution in [0.3, 0.4) is 0 Å². The molecule has 0 saturated carbocycles. The van der Waals surface area contributed by atoms with E-state index < -0.39 is 30.1 Å². The molecule has 38 heavy (non-hydrogen) atoms. The summed E-state index contributed by atoms with van der Waals surface area (Å²) in [6.45, 7) is 5.47. The molecule has 0 bridgehead atoms. The van der Waals surface area contributed by atoms with Crippen molar-refractivity contribution in [3.8, 4) is 11.5 Å². The Bertz CT molecular complexity index is 1050. The second-order valence-corrected chi connectivity index (χ2v) is 10.3. The van der Waals surface area contributed by atoms with E-state index in [9.17, 15) is 29.7 Å². The zero-order valence-electron chi connectivity index (χ0n) is 22.6. The molecule has 2 amide bonds. The lowest BCUT2D eigenvalue weighted by Crippen LogP contribution is -2.56. The zero-order chi connectivity index (χ0) is 28.0. The number of aliphatic hydroxyl groups is 3. The zero-order valence-corrected chi connectivity index (χ0v) is 22.6. The topological polar surface area (TPSA) is 146 Å². The molecular formula is C28H40N2O8. The highest BCUT2D eigenvalue weighted by Crippen LogP contribution is 2.51. The molecule has 0 spiro atoms. The van der Waals surface area contributed by atoms with Gasteiger partial charge in [0.25, 0.3) is 0 Å². The maximum atomic E-state index is 13.4. The summed E-state index contributed by atoms with van der Waals surface area (Å²) < 4.78 is 11.7. The molecule has 10 nitrogen and oxygen atoms in total. The number of nitrogens with zero attached hydrogens (tertiary/aromatic N) is 1. The molecule has 0 fully saturated rings. The van der Waals surface area contributed by atoms with Crippen LogP contribution in [0.4, 0.5) is 0 Å². The largest absolute Gasteiger partial charge is 0.493 e. The standard InChI is InChI=1S/C28H40N2O8/c1-16(2)8-10-30(23(34)7-5-6-17(3)33)21-14-20(28(36)29-9-11-31)24-19-12-18(15-32)13-22(37-4)26(19)38-27(24)25(21)35/h12-14,16,21,24-25,27,31-32,35H,5-11,15H2,1-4H3,(H,29,36)/t21-,24+,25+,27+/m1/s1. The van der Waals surface area contributed by atoms with Crippen molar-refractivity contribution in [3.63, 3.8) is 0 Å². The summed E-state index contributed by atoms with van der Waals surface area (Å²) in [6.07, 6.45) is 1.10. The Labute approximate surface area is 223 Å². The maximum absolute atomic E-state index is 13.4. The van der Waals surface area contributed by atoms with Crippen molar-refractivity contribution in [1.29, 1.82) is 0 Å². The monoisotopic (exact) mass is 532 g/mol. The fraction of sp³-hybridized carbons (Fsp3) is 0.607. The van der Waals surface area contributed by atoms with Crippen LogP contribution in [0.25, 0.3) is 0 Å². The molecule has 1 aromatic carbocycles. The quantitative estimate of drug-likeness (QED) is 0.299. The molecule has 1 aliphatic heterocycles. The molecule has 0 saturated heterocycles. The van der Waals surface area contributed by atoms with Crippen molar-refractivity contribution >= 4 is 17.6 Å². The van der Waals surface area contributed by atoms with Gasteiger partial charge in [-0.2, -0.15) is 0 Å². The van der Waals surface area contributed by atoms with Crippen LogP contribution in [0.2, 0.25) is 0 Å². The lowest BCUT2D eigenvalue weighted by atomic mass is 9.77. The predicted molar refractivity (Wildman–Crippen MR) is 140 cm³/mol. The summed E-state index contributed by atoms with van der Waals surface area (Å²) in [5, 5.41) is 33.3. The van der Waals surface area contributed by atoms with Gasteiger partial charge in [-0.25, -0.2) is 0 Å². The number of nitrogens with one attached hydrogen (secondary N) is 1. The van der Waals surface area contributed by atoms with Crippen LogP contribution in [0.1, 0.15) is 63.5 Å². The number of rotatable bonds is 13. The lowest BCUT2D eigenvalue weighted by molar-refractivity contribution is -0.137. The third-order valence-corrected chi connectivity index (χ3v) is 7.04. The Morgan fingerprint density at radius 1 is 1.18 bits per heavy atom. The Morgan fingerprint density at radius 2 is 1.92 bits per heavy atom. The normalized spacial score (nSPS) is 21.7. The van der Waals surface area contributed by atoms with E-state index >= 15 is 0 Å². The van der Waals surface area contributed by atoms with Gasteiger partial charge in [-0.15, -0.1) is 0 Å². The van der Waals surface area contributed by atoms with Crippen LogP contribution in [0.15, 0.2) is 23.8 Å². The third kappa shape index (κ3) is 6.54. The fourth-order valence-corrected chi connectivity index (χ4v) is 5.09. The number of ether oxygens (including phenoxy) is 2. The van der Waals surface area contributed by atoms with Crippen LogP contribution in [0.5, 0.6) is 11.5 Å². The first-order chi connectivity index (χ1) is 18.1. The molecule has 1 aromatic rings. The molecule has 1 heterocycles. The van der Waals surface area contributed by atoms with E-state index in [0.29, 0.717) is 53.5 Å². The number of carbonyl (C=O) groups excluding carboxylic acids is 3. The van der Waals surface area contributed by atoms with Gasteiger partial charge in [0.1, 0.15) is 18.0 Å². The van der Waals surface area contributed by atoms with E-state index in [1.165, 1.54) is 14.0 Å². The highest BCUT2D eigenvalue weighted by molar-refractivity contribution is 5.96. The first-order valence-corrected chi connectivity index (χ1v) is 13.2. The second-order valence-electron chi connectivity index (χ2n) is 10.3. The van der Waals surface area contributed by atoms with Gasteiger partial charge in [0.2, 0.25) is 11.8 Å². The first-order valence-electron chi connectivity index (χ1n) is 13.2. The average Bonchev–Trinajstić information content (AvgIpc) is 3.27. The van der Waals surface area contributed by atoms with Crippen LogP contribution >= 0.6 is 0 Å². The van der Waals surface area contributed by atoms with E-state index in [4.69, 9.17) is 9.47 Å². The van der Waals surface area contributed by atoms with Crippen molar-refractivity contribution in [3.05, 3.63) is 34.9 Å². The number of Topliss-reactive ketones (excluding diaryl/α,β-unsaturated/α-hetero) is 1. The number of methoxy groups -OCH3 is 1. The second kappa shape index (κ2) is 13.2. The van der Waals surface area contributed by atoms with Crippen molar-refractivity contribution in [2.24, 2.45) is 5.92 Å². The number of hydrogen-bond acceptors (Lipinski definition) is 8. The van der Waals surface area contributed by atoms with Gasteiger partial charge in [-0.3, -0.25) is 9.59 Å². The van der Waals surface area contributed by atoms with Gasteiger partial charge in [-0.05, 0) is 49.5 Å². The Morgan fingerprint density at radius 3 is 2.53 bits per heavy atom. The minimum absolute atomic E-state index is 0.00289. The van der Waals surface area contributed by atoms with E-state index in [1.54, 1.807) is 23.1 Å². The van der Waals surface area contributed by atoms with Crippen molar-refractivity contribution < 1.29 is 39.2 Å². The van der Waals surface area contributed by atoms with E-state index in [1.807, 2.05) is 13.8 Å². The first kappa shape index (κ1) is 29.6. The summed E-state index contributed by atoms with van der Waals surface area (Å²) in [5.41, 5.74) is 1.47. The SMILES string of the molecule is COc1cc(CO)cc2c1O[C@@H]1[C@@H](O)[C@H](N(CCC(C)C)C(=O)CCCC(C)=O)C=C(C(=O)NCCO)[C@H]21. The molecule has 4 atom stereocenters. The van der Waals surface area contributed by atoms with E-state index in [2.05, 4.69) is 5.32 Å². The van der Waals surface area contributed by atoms with Gasteiger partial charge < -0.3 is 39.8 Å². The molecule has 4 N–H and O–H groups in total. The van der Waals surface area contributed by atoms with E-state index in [-0.39, 0.29) is 44.3 Å². The number of hydrogen-bond donors (Lipinski definition) is 4. The van der Waals surface area contributed by atoms with Gasteiger partial charge in [-0.1, -0.05) is 13.8 Å². The Balaban J connectivity index is 2.06. The molecule has 2 aliphatic rings. The molecule has 1 aliphatic carbocycles. The van der Waals surface area contributed by atoms with Crippen molar-refractivity contribution in [1.82, 2.24) is 10.2 Å². The van der Waals surface area contributed by atoms with Crippen LogP contribution < -0.4 is 14.8 Å². The fourth-order valence-electron chi connectivity index (χ4n) is 5.09. The number of benzene rings is 1. The molecule has 10 heteroatoms. The minimum atomic E-state index is -1.16. The summed E-state index contributed by atoms with van der Waals surface area (Å²) in [7, 11) is 1.47. The number of carbonyl (C=O) groups is 3. The van der Waals surface area contributed by atoms with Gasteiger partial charge in [0, 0.05) is 37.1 Å². The average molecular weight is 533 g/mol. The smallest absolute Gasteiger partial charge is 0.247 e. The van der Waals surface area contributed by atoms with Crippen LogP contribution in [-0.4, -0.2) is 82.9 Å². The van der Waals surface area contributed by atoms with Gasteiger partial charge in [0.05, 0.1) is 32.3 Å². The Hall–Kier alpha value is -2.95.